The Balaban J connectivity index is 1.81. The van der Waals surface area contributed by atoms with Gasteiger partial charge in [0.1, 0.15) is 0 Å². The molecule has 156 valence electrons. The Hall–Kier alpha value is -3.40. The normalized spacial score (nSPS) is 11.9. The van der Waals surface area contributed by atoms with E-state index >= 15 is 0 Å². The van der Waals surface area contributed by atoms with Crippen LogP contribution in [0.25, 0.3) is 11.3 Å². The van der Waals surface area contributed by atoms with Gasteiger partial charge in [0.15, 0.2) is 0 Å². The van der Waals surface area contributed by atoms with Crippen LogP contribution in [0.1, 0.15) is 21.5 Å². The topological polar surface area (TPSA) is 96.4 Å². The summed E-state index contributed by atoms with van der Waals surface area (Å²) in [4.78, 5) is 15.1. The molecule has 0 atom stereocenters. The number of aromatic nitrogens is 1. The van der Waals surface area contributed by atoms with Crippen LogP contribution in [0.15, 0.2) is 65.7 Å². The third kappa shape index (κ3) is 4.60. The number of hydrogen-bond acceptors (Lipinski definition) is 4. The van der Waals surface area contributed by atoms with E-state index in [4.69, 9.17) is 5.11 Å². The second kappa shape index (κ2) is 7.79. The first-order valence-corrected chi connectivity index (χ1v) is 9.96. The molecule has 0 aliphatic heterocycles. The van der Waals surface area contributed by atoms with E-state index in [1.54, 1.807) is 6.92 Å². The van der Waals surface area contributed by atoms with Crippen LogP contribution >= 0.6 is 0 Å². The summed E-state index contributed by atoms with van der Waals surface area (Å²) in [6.45, 7) is 1.55. The van der Waals surface area contributed by atoms with E-state index in [1.807, 2.05) is 0 Å². The Morgan fingerprint density at radius 2 is 1.70 bits per heavy atom. The van der Waals surface area contributed by atoms with Crippen LogP contribution in [-0.2, 0) is 16.2 Å². The first kappa shape index (κ1) is 21.3. The summed E-state index contributed by atoms with van der Waals surface area (Å²) in [6, 6.07) is 11.0. The standard InChI is InChI=1S/C20H15F3N2O4S/c1-12-2-8-16(10-17(12)19(26)27)30(28,29)25-15-7-9-18(24-11-15)13-3-5-14(6-4-13)20(21,22)23/h2-11,25H,1H3,(H,26,27). The molecule has 0 bridgehead atoms. The number of halogens is 3. The Kier molecular flexibility index (Phi) is 5.53. The van der Waals surface area contributed by atoms with Gasteiger partial charge >= 0.3 is 12.1 Å². The maximum Gasteiger partial charge on any atom is 0.416 e. The highest BCUT2D eigenvalue weighted by Crippen LogP contribution is 2.30. The predicted octanol–water partition coefficient (Wildman–Crippen LogP) is 4.57. The highest BCUT2D eigenvalue weighted by molar-refractivity contribution is 7.92. The number of sulfonamides is 1. The van der Waals surface area contributed by atoms with Crippen LogP contribution in [0.2, 0.25) is 0 Å². The number of rotatable bonds is 5. The van der Waals surface area contributed by atoms with Gasteiger partial charge in [-0.1, -0.05) is 18.2 Å². The lowest BCUT2D eigenvalue weighted by atomic mass is 10.1. The Morgan fingerprint density at radius 1 is 1.03 bits per heavy atom. The van der Waals surface area contributed by atoms with Gasteiger partial charge in [-0.25, -0.2) is 13.2 Å². The first-order valence-electron chi connectivity index (χ1n) is 8.48. The molecule has 0 fully saturated rings. The molecule has 1 heterocycles. The van der Waals surface area contributed by atoms with E-state index in [9.17, 15) is 26.4 Å². The van der Waals surface area contributed by atoms with E-state index in [2.05, 4.69) is 9.71 Å². The summed E-state index contributed by atoms with van der Waals surface area (Å²) in [6.07, 6.45) is -3.22. The Labute approximate surface area is 170 Å². The molecule has 6 nitrogen and oxygen atoms in total. The molecule has 0 aliphatic carbocycles. The van der Waals surface area contributed by atoms with Crippen molar-refractivity contribution in [2.75, 3.05) is 4.72 Å². The number of hydrogen-bond donors (Lipinski definition) is 2. The summed E-state index contributed by atoms with van der Waals surface area (Å²) in [5.74, 6) is -1.24. The van der Waals surface area contributed by atoms with Crippen molar-refractivity contribution < 1.29 is 31.5 Å². The Morgan fingerprint density at radius 3 is 2.23 bits per heavy atom. The van der Waals surface area contributed by atoms with Gasteiger partial charge in [-0.05, 0) is 48.9 Å². The zero-order valence-electron chi connectivity index (χ0n) is 15.4. The molecule has 1 aromatic heterocycles. The number of carboxylic acid groups (broad SMARTS) is 1. The van der Waals surface area contributed by atoms with Crippen LogP contribution < -0.4 is 4.72 Å². The molecule has 30 heavy (non-hydrogen) atoms. The monoisotopic (exact) mass is 436 g/mol. The highest BCUT2D eigenvalue weighted by atomic mass is 32.2. The van der Waals surface area contributed by atoms with E-state index in [0.29, 0.717) is 16.8 Å². The lowest BCUT2D eigenvalue weighted by Crippen LogP contribution is -2.14. The molecule has 3 rings (SSSR count). The fourth-order valence-corrected chi connectivity index (χ4v) is 3.74. The van der Waals surface area contributed by atoms with Crippen LogP contribution in [0.3, 0.4) is 0 Å². The molecule has 0 saturated heterocycles. The van der Waals surface area contributed by atoms with Crippen LogP contribution in [0.4, 0.5) is 18.9 Å². The Bertz CT molecular complexity index is 1190. The molecule has 0 amide bonds. The van der Waals surface area contributed by atoms with Crippen molar-refractivity contribution in [1.29, 1.82) is 0 Å². The molecule has 0 radical (unpaired) electrons. The van der Waals surface area contributed by atoms with Crippen molar-refractivity contribution in [3.05, 3.63) is 77.5 Å². The number of aromatic carboxylic acids is 1. The summed E-state index contributed by atoms with van der Waals surface area (Å²) in [5.41, 5.74) is 0.410. The number of aryl methyl sites for hydroxylation is 1. The lowest BCUT2D eigenvalue weighted by Gasteiger charge is -2.10. The van der Waals surface area contributed by atoms with Gasteiger partial charge in [-0.15, -0.1) is 0 Å². The fourth-order valence-electron chi connectivity index (χ4n) is 2.67. The molecule has 0 unspecified atom stereocenters. The van der Waals surface area contributed by atoms with Crippen molar-refractivity contribution in [1.82, 2.24) is 4.98 Å². The number of alkyl halides is 3. The van der Waals surface area contributed by atoms with E-state index < -0.39 is 27.7 Å². The maximum absolute atomic E-state index is 12.7. The number of carboxylic acids is 1. The molecular weight excluding hydrogens is 421 g/mol. The van der Waals surface area contributed by atoms with Crippen molar-refractivity contribution in [2.24, 2.45) is 0 Å². The highest BCUT2D eigenvalue weighted by Gasteiger charge is 2.30. The van der Waals surface area contributed by atoms with Crippen LogP contribution in [0.5, 0.6) is 0 Å². The minimum atomic E-state index is -4.44. The smallest absolute Gasteiger partial charge is 0.416 e. The van der Waals surface area contributed by atoms with Gasteiger partial charge in [0, 0.05) is 5.56 Å². The first-order chi connectivity index (χ1) is 14.0. The molecule has 2 N–H and O–H groups in total. The molecule has 2 aromatic carbocycles. The summed E-state index contributed by atoms with van der Waals surface area (Å²) in [7, 11) is -4.06. The van der Waals surface area contributed by atoms with E-state index in [1.165, 1.54) is 42.6 Å². The quantitative estimate of drug-likeness (QED) is 0.611. The molecule has 0 aliphatic rings. The summed E-state index contributed by atoms with van der Waals surface area (Å²) >= 11 is 0. The van der Waals surface area contributed by atoms with Gasteiger partial charge < -0.3 is 5.11 Å². The van der Waals surface area contributed by atoms with Gasteiger partial charge in [-0.2, -0.15) is 13.2 Å². The average molecular weight is 436 g/mol. The van der Waals surface area contributed by atoms with Gasteiger partial charge in [0.25, 0.3) is 10.0 Å². The van der Waals surface area contributed by atoms with Gasteiger partial charge in [0.05, 0.1) is 33.6 Å². The number of anilines is 1. The molecule has 10 heteroatoms. The van der Waals surface area contributed by atoms with Crippen molar-refractivity contribution in [3.8, 4) is 11.3 Å². The molecule has 0 saturated carbocycles. The number of pyridine rings is 1. The third-order valence-corrected chi connectivity index (χ3v) is 5.65. The van der Waals surface area contributed by atoms with E-state index in [0.717, 1.165) is 18.2 Å². The summed E-state index contributed by atoms with van der Waals surface area (Å²) < 4.78 is 65.3. The SMILES string of the molecule is Cc1ccc(S(=O)(=O)Nc2ccc(-c3ccc(C(F)(F)F)cc3)nc2)cc1C(=O)O. The molecule has 0 spiro atoms. The fraction of sp³-hybridized carbons (Fsp3) is 0.100. The van der Waals surface area contributed by atoms with Gasteiger partial charge in [-0.3, -0.25) is 9.71 Å². The van der Waals surface area contributed by atoms with Crippen LogP contribution in [-0.4, -0.2) is 24.5 Å². The molecular formula is C20H15F3N2O4S. The second-order valence-corrected chi connectivity index (χ2v) is 8.08. The number of nitrogens with zero attached hydrogens (tertiary/aromatic N) is 1. The largest absolute Gasteiger partial charge is 0.478 e. The maximum atomic E-state index is 12.7. The second-order valence-electron chi connectivity index (χ2n) is 6.39. The lowest BCUT2D eigenvalue weighted by molar-refractivity contribution is -0.137. The number of carbonyl (C=O) groups is 1. The number of benzene rings is 2. The van der Waals surface area contributed by atoms with E-state index in [-0.39, 0.29) is 16.1 Å². The predicted molar refractivity (Wildman–Crippen MR) is 104 cm³/mol. The van der Waals surface area contributed by atoms with Gasteiger partial charge in [0.2, 0.25) is 0 Å². The van der Waals surface area contributed by atoms with Crippen molar-refractivity contribution >= 4 is 21.7 Å². The van der Waals surface area contributed by atoms with Crippen molar-refractivity contribution in [3.63, 3.8) is 0 Å². The van der Waals surface area contributed by atoms with Crippen LogP contribution in [0, 0.1) is 6.92 Å². The third-order valence-electron chi connectivity index (χ3n) is 4.27. The zero-order valence-corrected chi connectivity index (χ0v) is 16.3. The molecule has 3 aromatic rings. The minimum Gasteiger partial charge on any atom is -0.478 e. The minimum absolute atomic E-state index is 0.114. The summed E-state index contributed by atoms with van der Waals surface area (Å²) in [5, 5.41) is 9.16. The van der Waals surface area contributed by atoms with Crippen molar-refractivity contribution in [2.45, 2.75) is 18.0 Å². The number of nitrogens with one attached hydrogen (secondary N) is 1. The average Bonchev–Trinajstić information content (AvgIpc) is 2.67. The zero-order chi connectivity index (χ0) is 22.1.